The van der Waals surface area contributed by atoms with Crippen molar-refractivity contribution in [2.45, 2.75) is 25.2 Å². The second kappa shape index (κ2) is 14.2. The average Bonchev–Trinajstić information content (AvgIpc) is 2.93. The second-order valence-corrected chi connectivity index (χ2v) is 10.9. The van der Waals surface area contributed by atoms with Gasteiger partial charge in [-0.3, -0.25) is 10.1 Å². The lowest BCUT2D eigenvalue weighted by Gasteiger charge is -2.31. The van der Waals surface area contributed by atoms with Gasteiger partial charge >= 0.3 is 11.9 Å². The Morgan fingerprint density at radius 2 is 1.78 bits per heavy atom. The van der Waals surface area contributed by atoms with Crippen LogP contribution in [0.2, 0.25) is 5.02 Å². The standard InChI is InChI=1S/C27H30ClN3O9S/c1-4-40-27(33)25-19(15-18-9-5-6-10-20(18)28)24(26(32)38-3)17(2)30-21(25)16-39-14-13-29-41(36,37)23-12-8-7-11-22(23)31(34)35/h5-12,19,29-30H,4,13-16H2,1-3H3. The zero-order valence-electron chi connectivity index (χ0n) is 22.6. The molecule has 3 rings (SSSR count). The van der Waals surface area contributed by atoms with E-state index < -0.39 is 43.4 Å². The molecule has 0 saturated heterocycles. The number of nitrogens with zero attached hydrogens (tertiary/aromatic N) is 1. The first-order chi connectivity index (χ1) is 19.5. The monoisotopic (exact) mass is 607 g/mol. The van der Waals surface area contributed by atoms with Crippen LogP contribution in [-0.4, -0.2) is 58.8 Å². The Morgan fingerprint density at radius 1 is 1.10 bits per heavy atom. The number of halogens is 1. The predicted molar refractivity (Wildman–Crippen MR) is 149 cm³/mol. The van der Waals surface area contributed by atoms with Crippen molar-refractivity contribution < 1.29 is 37.1 Å². The minimum Gasteiger partial charge on any atom is -0.466 e. The molecule has 1 aliphatic heterocycles. The number of sulfonamides is 1. The molecule has 2 N–H and O–H groups in total. The van der Waals surface area contributed by atoms with Crippen LogP contribution in [0.25, 0.3) is 0 Å². The number of nitro groups is 1. The molecule has 0 bridgehead atoms. The molecular weight excluding hydrogens is 578 g/mol. The Balaban J connectivity index is 1.83. The molecule has 1 aliphatic rings. The molecule has 1 atom stereocenters. The molecule has 2 aromatic carbocycles. The molecule has 0 radical (unpaired) electrons. The van der Waals surface area contributed by atoms with E-state index in [0.29, 0.717) is 22.0 Å². The van der Waals surface area contributed by atoms with Gasteiger partial charge in [0.25, 0.3) is 5.69 Å². The maximum Gasteiger partial charge on any atom is 0.336 e. The number of esters is 2. The quantitative estimate of drug-likeness (QED) is 0.149. The van der Waals surface area contributed by atoms with E-state index in [4.69, 9.17) is 25.8 Å². The van der Waals surface area contributed by atoms with Gasteiger partial charge in [-0.1, -0.05) is 41.9 Å². The van der Waals surface area contributed by atoms with Crippen molar-refractivity contribution in [2.75, 3.05) is 33.5 Å². The van der Waals surface area contributed by atoms with Crippen LogP contribution in [0.3, 0.4) is 0 Å². The lowest BCUT2D eigenvalue weighted by molar-refractivity contribution is -0.387. The Labute approximate surface area is 242 Å². The number of ether oxygens (including phenoxy) is 3. The van der Waals surface area contributed by atoms with E-state index >= 15 is 0 Å². The first-order valence-electron chi connectivity index (χ1n) is 12.5. The van der Waals surface area contributed by atoms with Gasteiger partial charge in [0.2, 0.25) is 10.0 Å². The minimum atomic E-state index is -4.19. The van der Waals surface area contributed by atoms with Gasteiger partial charge in [0, 0.05) is 29.2 Å². The van der Waals surface area contributed by atoms with Gasteiger partial charge in [0.15, 0.2) is 4.90 Å². The zero-order valence-corrected chi connectivity index (χ0v) is 24.2. The van der Waals surface area contributed by atoms with Crippen molar-refractivity contribution in [1.82, 2.24) is 10.0 Å². The van der Waals surface area contributed by atoms with Crippen molar-refractivity contribution in [3.05, 3.63) is 91.8 Å². The molecule has 0 fully saturated rings. The molecule has 14 heteroatoms. The van der Waals surface area contributed by atoms with Crippen molar-refractivity contribution in [3.63, 3.8) is 0 Å². The van der Waals surface area contributed by atoms with Crippen LogP contribution >= 0.6 is 11.6 Å². The Hall–Kier alpha value is -3.78. The summed E-state index contributed by atoms with van der Waals surface area (Å²) in [5.74, 6) is -2.07. The van der Waals surface area contributed by atoms with Gasteiger partial charge in [-0.2, -0.15) is 0 Å². The summed E-state index contributed by atoms with van der Waals surface area (Å²) in [7, 11) is -2.95. The fraction of sp³-hybridized carbons (Fsp3) is 0.333. The molecule has 41 heavy (non-hydrogen) atoms. The van der Waals surface area contributed by atoms with Crippen molar-refractivity contribution in [3.8, 4) is 0 Å². The van der Waals surface area contributed by atoms with Gasteiger partial charge in [0.1, 0.15) is 0 Å². The maximum absolute atomic E-state index is 13.2. The number of hydrogen-bond acceptors (Lipinski definition) is 10. The van der Waals surface area contributed by atoms with E-state index in [1.165, 1.54) is 19.2 Å². The van der Waals surface area contributed by atoms with E-state index in [2.05, 4.69) is 10.0 Å². The number of dihydropyridines is 1. The molecule has 0 aromatic heterocycles. The highest BCUT2D eigenvalue weighted by atomic mass is 35.5. The Morgan fingerprint density at radius 3 is 2.44 bits per heavy atom. The fourth-order valence-corrected chi connectivity index (χ4v) is 5.79. The predicted octanol–water partition coefficient (Wildman–Crippen LogP) is 3.27. The first-order valence-corrected chi connectivity index (χ1v) is 14.4. The molecule has 0 spiro atoms. The number of carbonyl (C=O) groups excluding carboxylic acids is 2. The second-order valence-electron chi connectivity index (χ2n) is 8.79. The highest BCUT2D eigenvalue weighted by Crippen LogP contribution is 2.35. The van der Waals surface area contributed by atoms with Crippen LogP contribution < -0.4 is 10.0 Å². The number of allylic oxidation sites excluding steroid dienone is 1. The SMILES string of the molecule is CCOC(=O)C1=C(COCCNS(=O)(=O)c2ccccc2[N+](=O)[O-])NC(C)=C(C(=O)OC)C1Cc1ccccc1Cl. The molecule has 0 aliphatic carbocycles. The topological polar surface area (TPSA) is 163 Å². The summed E-state index contributed by atoms with van der Waals surface area (Å²) in [6.07, 6.45) is 0.191. The summed E-state index contributed by atoms with van der Waals surface area (Å²) in [5, 5.41) is 14.7. The average molecular weight is 608 g/mol. The van der Waals surface area contributed by atoms with Gasteiger partial charge in [-0.05, 0) is 38.0 Å². The summed E-state index contributed by atoms with van der Waals surface area (Å²) in [6, 6.07) is 12.0. The third kappa shape index (κ3) is 7.70. The van der Waals surface area contributed by atoms with Gasteiger partial charge in [0.05, 0.1) is 48.7 Å². The van der Waals surface area contributed by atoms with E-state index in [1.807, 2.05) is 0 Å². The first kappa shape index (κ1) is 31.7. The van der Waals surface area contributed by atoms with Crippen LogP contribution in [0, 0.1) is 16.0 Å². The normalized spacial score (nSPS) is 15.4. The van der Waals surface area contributed by atoms with Crippen molar-refractivity contribution in [2.24, 2.45) is 5.92 Å². The number of carbonyl (C=O) groups is 2. The Bertz CT molecular complexity index is 1490. The molecule has 12 nitrogen and oxygen atoms in total. The summed E-state index contributed by atoms with van der Waals surface area (Å²) in [4.78, 5) is 36.0. The molecule has 1 heterocycles. The van der Waals surface area contributed by atoms with Crippen LogP contribution in [-0.2, 0) is 40.2 Å². The number of nitro benzene ring substituents is 1. The van der Waals surface area contributed by atoms with E-state index in [-0.39, 0.29) is 43.9 Å². The van der Waals surface area contributed by atoms with E-state index in [0.717, 1.165) is 12.1 Å². The number of benzene rings is 2. The van der Waals surface area contributed by atoms with Crippen LogP contribution in [0.15, 0.2) is 76.0 Å². The maximum atomic E-state index is 13.2. The highest BCUT2D eigenvalue weighted by Gasteiger charge is 2.38. The Kier molecular flexibility index (Phi) is 11.0. The highest BCUT2D eigenvalue weighted by molar-refractivity contribution is 7.89. The summed E-state index contributed by atoms with van der Waals surface area (Å²) in [5.41, 5.74) is 1.30. The van der Waals surface area contributed by atoms with Crippen molar-refractivity contribution >= 4 is 39.3 Å². The summed E-state index contributed by atoms with van der Waals surface area (Å²) in [6.45, 7) is 2.89. The molecule has 220 valence electrons. The molecule has 2 aromatic rings. The number of rotatable bonds is 13. The summed E-state index contributed by atoms with van der Waals surface area (Å²) >= 11 is 6.39. The van der Waals surface area contributed by atoms with Crippen LogP contribution in [0.1, 0.15) is 19.4 Å². The lowest BCUT2D eigenvalue weighted by Crippen LogP contribution is -2.37. The molecule has 0 saturated carbocycles. The van der Waals surface area contributed by atoms with Crippen LogP contribution in [0.5, 0.6) is 0 Å². The third-order valence-electron chi connectivity index (χ3n) is 6.18. The fourth-order valence-electron chi connectivity index (χ4n) is 4.39. The number of methoxy groups -OCH3 is 1. The largest absolute Gasteiger partial charge is 0.466 e. The molecular formula is C27H30ClN3O9S. The van der Waals surface area contributed by atoms with Gasteiger partial charge in [-0.25, -0.2) is 22.7 Å². The van der Waals surface area contributed by atoms with Crippen LogP contribution in [0.4, 0.5) is 5.69 Å². The smallest absolute Gasteiger partial charge is 0.336 e. The lowest BCUT2D eigenvalue weighted by atomic mass is 9.81. The minimum absolute atomic E-state index is 0.0823. The third-order valence-corrected chi connectivity index (χ3v) is 8.06. The zero-order chi connectivity index (χ0) is 30.2. The van der Waals surface area contributed by atoms with Gasteiger partial charge in [-0.15, -0.1) is 0 Å². The molecule has 1 unspecified atom stereocenters. The van der Waals surface area contributed by atoms with E-state index in [1.54, 1.807) is 38.1 Å². The molecule has 0 amide bonds. The number of nitrogens with one attached hydrogen (secondary N) is 2. The van der Waals surface area contributed by atoms with Gasteiger partial charge < -0.3 is 19.5 Å². The number of para-hydroxylation sites is 1. The summed E-state index contributed by atoms with van der Waals surface area (Å²) < 4.78 is 43.5. The number of hydrogen-bond donors (Lipinski definition) is 2. The van der Waals surface area contributed by atoms with E-state index in [9.17, 15) is 28.1 Å². The van der Waals surface area contributed by atoms with Crippen molar-refractivity contribution in [1.29, 1.82) is 0 Å².